The molecule has 0 saturated heterocycles. The standard InChI is InChI=1S/C24H22N6O3/c25-20-14-17(11-12-26-20)33-18-9-10-21(27-15-18)28-23(31)22-19-8-4-5-13-29(19)30(24(22)32)16-6-2-1-3-7-16/h1-3,6-7,9-12,14-15H,4-5,8,13H2,(H2,25,26)(H,27,28,31). The number of benzene rings is 1. The van der Waals surface area contributed by atoms with Gasteiger partial charge in [0, 0.05) is 18.8 Å². The van der Waals surface area contributed by atoms with E-state index < -0.39 is 5.91 Å². The molecule has 1 aliphatic rings. The molecule has 0 unspecified atom stereocenters. The monoisotopic (exact) mass is 442 g/mol. The summed E-state index contributed by atoms with van der Waals surface area (Å²) in [6.07, 6.45) is 5.60. The van der Waals surface area contributed by atoms with E-state index in [1.165, 1.54) is 6.20 Å². The average molecular weight is 442 g/mol. The van der Waals surface area contributed by atoms with Crippen molar-refractivity contribution in [3.63, 3.8) is 0 Å². The van der Waals surface area contributed by atoms with E-state index in [-0.39, 0.29) is 11.1 Å². The number of para-hydroxylation sites is 1. The summed E-state index contributed by atoms with van der Waals surface area (Å²) in [6.45, 7) is 0.691. The molecule has 0 spiro atoms. The van der Waals surface area contributed by atoms with E-state index in [9.17, 15) is 9.59 Å². The molecule has 5 rings (SSSR count). The highest BCUT2D eigenvalue weighted by molar-refractivity contribution is 6.04. The minimum absolute atomic E-state index is 0.160. The van der Waals surface area contributed by atoms with Gasteiger partial charge >= 0.3 is 0 Å². The number of hydrogen-bond acceptors (Lipinski definition) is 6. The first-order valence-electron chi connectivity index (χ1n) is 10.7. The van der Waals surface area contributed by atoms with Gasteiger partial charge in [-0.25, -0.2) is 14.6 Å². The second-order valence-electron chi connectivity index (χ2n) is 7.71. The van der Waals surface area contributed by atoms with Crippen LogP contribution in [0, 0.1) is 0 Å². The summed E-state index contributed by atoms with van der Waals surface area (Å²) in [5.41, 5.74) is 6.98. The molecular weight excluding hydrogens is 420 g/mol. The fourth-order valence-electron chi connectivity index (χ4n) is 4.01. The number of carbonyl (C=O) groups is 1. The number of nitrogen functional groups attached to an aromatic ring is 1. The van der Waals surface area contributed by atoms with Gasteiger partial charge in [-0.3, -0.25) is 14.3 Å². The van der Waals surface area contributed by atoms with Gasteiger partial charge < -0.3 is 15.8 Å². The van der Waals surface area contributed by atoms with E-state index >= 15 is 0 Å². The van der Waals surface area contributed by atoms with Crippen molar-refractivity contribution in [1.82, 2.24) is 19.3 Å². The van der Waals surface area contributed by atoms with Crippen LogP contribution in [0.25, 0.3) is 5.69 Å². The Morgan fingerprint density at radius 2 is 1.88 bits per heavy atom. The lowest BCUT2D eigenvalue weighted by Gasteiger charge is -2.19. The maximum Gasteiger partial charge on any atom is 0.284 e. The molecule has 0 radical (unpaired) electrons. The number of aromatic nitrogens is 4. The Labute approximate surface area is 189 Å². The maximum atomic E-state index is 13.3. The van der Waals surface area contributed by atoms with Crippen molar-refractivity contribution in [2.75, 3.05) is 11.1 Å². The number of nitrogens with two attached hydrogens (primary N) is 1. The van der Waals surface area contributed by atoms with Crippen LogP contribution < -0.4 is 21.3 Å². The van der Waals surface area contributed by atoms with Gasteiger partial charge in [-0.2, -0.15) is 0 Å². The molecule has 0 fully saturated rings. The van der Waals surface area contributed by atoms with Gasteiger partial charge in [0.1, 0.15) is 28.7 Å². The summed E-state index contributed by atoms with van der Waals surface area (Å²) in [6, 6.07) is 15.9. The van der Waals surface area contributed by atoms with Crippen LogP contribution in [0.5, 0.6) is 11.5 Å². The molecule has 3 aromatic heterocycles. The van der Waals surface area contributed by atoms with Crippen molar-refractivity contribution in [3.8, 4) is 17.2 Å². The molecule has 1 amide bonds. The molecular formula is C24H22N6O3. The third kappa shape index (κ3) is 4.08. The normalized spacial score (nSPS) is 12.7. The number of anilines is 2. The number of rotatable bonds is 5. The van der Waals surface area contributed by atoms with E-state index in [0.29, 0.717) is 36.1 Å². The zero-order valence-electron chi connectivity index (χ0n) is 17.8. The first-order chi connectivity index (χ1) is 16.1. The van der Waals surface area contributed by atoms with E-state index in [1.807, 2.05) is 35.0 Å². The Morgan fingerprint density at radius 1 is 1.03 bits per heavy atom. The molecule has 3 N–H and O–H groups in total. The molecule has 0 aliphatic carbocycles. The van der Waals surface area contributed by atoms with Crippen molar-refractivity contribution in [2.45, 2.75) is 25.8 Å². The number of nitrogens with zero attached hydrogens (tertiary/aromatic N) is 4. The molecule has 9 heteroatoms. The molecule has 0 bridgehead atoms. The van der Waals surface area contributed by atoms with Crippen LogP contribution in [0.1, 0.15) is 28.9 Å². The summed E-state index contributed by atoms with van der Waals surface area (Å²) < 4.78 is 9.21. The van der Waals surface area contributed by atoms with Crippen LogP contribution >= 0.6 is 0 Å². The van der Waals surface area contributed by atoms with E-state index in [1.54, 1.807) is 35.1 Å². The first kappa shape index (κ1) is 20.5. The van der Waals surface area contributed by atoms with Crippen LogP contribution in [0.2, 0.25) is 0 Å². The topological polar surface area (TPSA) is 117 Å². The number of ether oxygens (including phenoxy) is 1. The Balaban J connectivity index is 1.40. The first-order valence-corrected chi connectivity index (χ1v) is 10.7. The van der Waals surface area contributed by atoms with Gasteiger partial charge in [-0.15, -0.1) is 0 Å². The second kappa shape index (κ2) is 8.62. The molecule has 33 heavy (non-hydrogen) atoms. The number of nitrogens with one attached hydrogen (secondary N) is 1. The van der Waals surface area contributed by atoms with Gasteiger partial charge in [0.2, 0.25) is 0 Å². The minimum Gasteiger partial charge on any atom is -0.456 e. The Morgan fingerprint density at radius 3 is 2.64 bits per heavy atom. The van der Waals surface area contributed by atoms with Gasteiger partial charge in [-0.1, -0.05) is 18.2 Å². The maximum absolute atomic E-state index is 13.3. The van der Waals surface area contributed by atoms with Gasteiger partial charge in [-0.05, 0) is 49.6 Å². The second-order valence-corrected chi connectivity index (χ2v) is 7.71. The van der Waals surface area contributed by atoms with Crippen LogP contribution in [-0.2, 0) is 13.0 Å². The van der Waals surface area contributed by atoms with Crippen LogP contribution in [0.3, 0.4) is 0 Å². The third-order valence-corrected chi connectivity index (χ3v) is 5.48. The van der Waals surface area contributed by atoms with E-state index in [0.717, 1.165) is 24.2 Å². The molecule has 4 aromatic rings. The van der Waals surface area contributed by atoms with Crippen molar-refractivity contribution in [3.05, 3.63) is 88.6 Å². The molecule has 0 atom stereocenters. The Kier molecular flexibility index (Phi) is 5.35. The summed E-state index contributed by atoms with van der Waals surface area (Å²) in [7, 11) is 0. The van der Waals surface area contributed by atoms with Crippen LogP contribution in [0.15, 0.2) is 71.8 Å². The SMILES string of the molecule is Nc1cc(Oc2ccc(NC(=O)c3c4n(n(-c5ccccc5)c3=O)CCCC4)nc2)ccn1. The smallest absolute Gasteiger partial charge is 0.284 e. The van der Waals surface area contributed by atoms with Gasteiger partial charge in [0.25, 0.3) is 11.5 Å². The van der Waals surface area contributed by atoms with Crippen LogP contribution in [0.4, 0.5) is 11.6 Å². The van der Waals surface area contributed by atoms with E-state index in [4.69, 9.17) is 10.5 Å². The number of carbonyl (C=O) groups excluding carboxylic acids is 1. The molecule has 166 valence electrons. The summed E-state index contributed by atoms with van der Waals surface area (Å²) >= 11 is 0. The number of pyridine rings is 2. The van der Waals surface area contributed by atoms with Crippen molar-refractivity contribution < 1.29 is 9.53 Å². The summed E-state index contributed by atoms with van der Waals surface area (Å²) in [4.78, 5) is 34.6. The highest BCUT2D eigenvalue weighted by atomic mass is 16.5. The largest absolute Gasteiger partial charge is 0.456 e. The third-order valence-electron chi connectivity index (χ3n) is 5.48. The molecule has 9 nitrogen and oxygen atoms in total. The van der Waals surface area contributed by atoms with Crippen LogP contribution in [-0.4, -0.2) is 25.2 Å². The predicted molar refractivity (Wildman–Crippen MR) is 124 cm³/mol. The van der Waals surface area contributed by atoms with E-state index in [2.05, 4.69) is 15.3 Å². The Bertz CT molecular complexity index is 1360. The predicted octanol–water partition coefficient (Wildman–Crippen LogP) is 3.39. The van der Waals surface area contributed by atoms with Gasteiger partial charge in [0.15, 0.2) is 0 Å². The van der Waals surface area contributed by atoms with Gasteiger partial charge in [0.05, 0.1) is 17.6 Å². The Hall–Kier alpha value is -4.40. The molecule has 4 heterocycles. The average Bonchev–Trinajstić information content (AvgIpc) is 3.13. The zero-order valence-corrected chi connectivity index (χ0v) is 17.8. The fraction of sp³-hybridized carbons (Fsp3) is 0.167. The van der Waals surface area contributed by atoms with Crippen molar-refractivity contribution in [2.24, 2.45) is 0 Å². The fourth-order valence-corrected chi connectivity index (χ4v) is 4.01. The zero-order chi connectivity index (χ0) is 22.8. The quantitative estimate of drug-likeness (QED) is 0.489. The van der Waals surface area contributed by atoms with Crippen molar-refractivity contribution in [1.29, 1.82) is 0 Å². The number of amides is 1. The lowest BCUT2D eigenvalue weighted by molar-refractivity contribution is 0.102. The molecule has 1 aliphatic heterocycles. The minimum atomic E-state index is -0.469. The highest BCUT2D eigenvalue weighted by Crippen LogP contribution is 2.23. The molecule has 1 aromatic carbocycles. The number of fused-ring (bicyclic) bond motifs is 1. The molecule has 0 saturated carbocycles. The number of hydrogen-bond donors (Lipinski definition) is 2. The van der Waals surface area contributed by atoms with Crippen molar-refractivity contribution >= 4 is 17.5 Å². The highest BCUT2D eigenvalue weighted by Gasteiger charge is 2.27. The lowest BCUT2D eigenvalue weighted by Crippen LogP contribution is -2.26. The summed E-state index contributed by atoms with van der Waals surface area (Å²) in [5.74, 6) is 1.21. The lowest BCUT2D eigenvalue weighted by atomic mass is 10.1. The summed E-state index contributed by atoms with van der Waals surface area (Å²) in [5, 5.41) is 2.75.